The van der Waals surface area contributed by atoms with Gasteiger partial charge in [0, 0.05) is 12.4 Å². The van der Waals surface area contributed by atoms with Crippen molar-refractivity contribution in [1.29, 1.82) is 0 Å². The minimum Gasteiger partial charge on any atom is -0.448 e. The van der Waals surface area contributed by atoms with Crippen LogP contribution in [0.2, 0.25) is 0 Å². The standard InChI is InChI=1S/C11H14N2O5/c1-2-11(6-17-10(15)18-7-11)5-16-9(14)13-4-3-12-8-13/h3-4,8H,2,5-7H2,1H3. The van der Waals surface area contributed by atoms with Gasteiger partial charge in [0.05, 0.1) is 5.41 Å². The lowest BCUT2D eigenvalue weighted by Crippen LogP contribution is -2.43. The van der Waals surface area contributed by atoms with Crippen molar-refractivity contribution >= 4 is 12.2 Å². The fraction of sp³-hybridized carbons (Fsp3) is 0.545. The molecule has 0 atom stereocenters. The molecule has 0 N–H and O–H groups in total. The zero-order chi connectivity index (χ0) is 13.0. The first-order valence-corrected chi connectivity index (χ1v) is 5.60. The van der Waals surface area contributed by atoms with Gasteiger partial charge in [0.1, 0.15) is 26.1 Å². The number of carbonyl (C=O) groups is 2. The van der Waals surface area contributed by atoms with Crippen LogP contribution in [0.4, 0.5) is 9.59 Å². The van der Waals surface area contributed by atoms with Gasteiger partial charge >= 0.3 is 12.2 Å². The normalized spacial score (nSPS) is 17.7. The molecule has 1 aromatic rings. The quantitative estimate of drug-likeness (QED) is 0.759. The maximum absolute atomic E-state index is 11.6. The summed E-state index contributed by atoms with van der Waals surface area (Å²) in [4.78, 5) is 26.2. The van der Waals surface area contributed by atoms with E-state index in [4.69, 9.17) is 14.2 Å². The van der Waals surface area contributed by atoms with Gasteiger partial charge in [-0.3, -0.25) is 0 Å². The first kappa shape index (κ1) is 12.4. The summed E-state index contributed by atoms with van der Waals surface area (Å²) >= 11 is 0. The Hall–Kier alpha value is -2.05. The largest absolute Gasteiger partial charge is 0.508 e. The van der Waals surface area contributed by atoms with Crippen molar-refractivity contribution in [2.75, 3.05) is 19.8 Å². The molecule has 2 heterocycles. The molecule has 18 heavy (non-hydrogen) atoms. The topological polar surface area (TPSA) is 79.7 Å². The Morgan fingerprint density at radius 1 is 1.56 bits per heavy atom. The molecule has 0 aromatic carbocycles. The molecular formula is C11H14N2O5. The van der Waals surface area contributed by atoms with E-state index >= 15 is 0 Å². The van der Waals surface area contributed by atoms with Crippen molar-refractivity contribution in [2.24, 2.45) is 5.41 Å². The van der Waals surface area contributed by atoms with E-state index in [0.29, 0.717) is 6.42 Å². The second-order valence-corrected chi connectivity index (χ2v) is 4.21. The minimum atomic E-state index is -0.681. The molecule has 0 aliphatic carbocycles. The Morgan fingerprint density at radius 3 is 2.83 bits per heavy atom. The maximum Gasteiger partial charge on any atom is 0.508 e. The second kappa shape index (κ2) is 5.07. The van der Waals surface area contributed by atoms with E-state index in [1.165, 1.54) is 23.3 Å². The van der Waals surface area contributed by atoms with Crippen LogP contribution < -0.4 is 0 Å². The van der Waals surface area contributed by atoms with Crippen molar-refractivity contribution in [2.45, 2.75) is 13.3 Å². The van der Waals surface area contributed by atoms with E-state index in [1.807, 2.05) is 6.92 Å². The van der Waals surface area contributed by atoms with Crippen molar-refractivity contribution in [3.8, 4) is 0 Å². The molecule has 1 aromatic heterocycles. The Bertz CT molecular complexity index is 419. The SMILES string of the molecule is CCC1(COC(=O)n2ccnc2)COC(=O)OC1. The molecule has 1 aliphatic rings. The lowest BCUT2D eigenvalue weighted by Gasteiger charge is -2.33. The summed E-state index contributed by atoms with van der Waals surface area (Å²) in [5.41, 5.74) is -0.468. The van der Waals surface area contributed by atoms with Gasteiger partial charge in [0.25, 0.3) is 0 Å². The van der Waals surface area contributed by atoms with Gasteiger partial charge in [-0.05, 0) is 6.42 Å². The highest BCUT2D eigenvalue weighted by Gasteiger charge is 2.37. The van der Waals surface area contributed by atoms with Crippen molar-refractivity contribution in [1.82, 2.24) is 9.55 Å². The highest BCUT2D eigenvalue weighted by molar-refractivity contribution is 5.70. The summed E-state index contributed by atoms with van der Waals surface area (Å²) in [5, 5.41) is 0. The third kappa shape index (κ3) is 2.61. The van der Waals surface area contributed by atoms with E-state index in [0.717, 1.165) is 0 Å². The Balaban J connectivity index is 1.91. The van der Waals surface area contributed by atoms with Crippen LogP contribution in [0.25, 0.3) is 0 Å². The van der Waals surface area contributed by atoms with Gasteiger partial charge in [0.2, 0.25) is 0 Å². The van der Waals surface area contributed by atoms with Crippen molar-refractivity contribution < 1.29 is 23.8 Å². The number of cyclic esters (lactones) is 2. The molecule has 0 spiro atoms. The maximum atomic E-state index is 11.6. The molecule has 7 nitrogen and oxygen atoms in total. The van der Waals surface area contributed by atoms with Gasteiger partial charge in [-0.25, -0.2) is 19.1 Å². The zero-order valence-electron chi connectivity index (χ0n) is 10.00. The monoisotopic (exact) mass is 254 g/mol. The first-order valence-electron chi connectivity index (χ1n) is 5.60. The van der Waals surface area contributed by atoms with Crippen LogP contribution in [0.3, 0.4) is 0 Å². The smallest absolute Gasteiger partial charge is 0.448 e. The van der Waals surface area contributed by atoms with Gasteiger partial charge in [-0.2, -0.15) is 0 Å². The summed E-state index contributed by atoms with van der Waals surface area (Å²) in [6, 6.07) is 0. The first-order chi connectivity index (χ1) is 8.65. The average molecular weight is 254 g/mol. The van der Waals surface area contributed by atoms with Crippen LogP contribution in [0.15, 0.2) is 18.7 Å². The lowest BCUT2D eigenvalue weighted by molar-refractivity contribution is -0.0830. The molecular weight excluding hydrogens is 240 g/mol. The van der Waals surface area contributed by atoms with E-state index in [-0.39, 0.29) is 19.8 Å². The average Bonchev–Trinajstić information content (AvgIpc) is 2.92. The zero-order valence-corrected chi connectivity index (χ0v) is 10.00. The molecule has 0 radical (unpaired) electrons. The number of hydrogen-bond acceptors (Lipinski definition) is 6. The molecule has 0 amide bonds. The van der Waals surface area contributed by atoms with Gasteiger partial charge in [-0.1, -0.05) is 6.92 Å². The van der Waals surface area contributed by atoms with E-state index < -0.39 is 17.7 Å². The summed E-state index contributed by atoms with van der Waals surface area (Å²) in [6.07, 6.45) is 3.83. The number of imidazole rings is 1. The molecule has 0 bridgehead atoms. The molecule has 1 fully saturated rings. The van der Waals surface area contributed by atoms with Crippen LogP contribution >= 0.6 is 0 Å². The Labute approximate surface area is 104 Å². The van der Waals surface area contributed by atoms with Gasteiger partial charge < -0.3 is 14.2 Å². The Kier molecular flexibility index (Phi) is 3.50. The number of hydrogen-bond donors (Lipinski definition) is 0. The third-order valence-corrected chi connectivity index (χ3v) is 2.96. The van der Waals surface area contributed by atoms with Crippen LogP contribution in [0.1, 0.15) is 13.3 Å². The van der Waals surface area contributed by atoms with Gasteiger partial charge in [-0.15, -0.1) is 0 Å². The number of nitrogens with zero attached hydrogens (tertiary/aromatic N) is 2. The molecule has 0 saturated carbocycles. The molecule has 1 saturated heterocycles. The van der Waals surface area contributed by atoms with Crippen LogP contribution in [-0.4, -0.2) is 41.6 Å². The van der Waals surface area contributed by atoms with Gasteiger partial charge in [0.15, 0.2) is 0 Å². The highest BCUT2D eigenvalue weighted by atomic mass is 16.7. The van der Waals surface area contributed by atoms with Crippen LogP contribution in [0.5, 0.6) is 0 Å². The predicted octanol–water partition coefficient (Wildman–Crippen LogP) is 1.43. The highest BCUT2D eigenvalue weighted by Crippen LogP contribution is 2.27. The Morgan fingerprint density at radius 2 is 2.28 bits per heavy atom. The predicted molar refractivity (Wildman–Crippen MR) is 59.0 cm³/mol. The molecule has 2 rings (SSSR count). The van der Waals surface area contributed by atoms with Crippen LogP contribution in [0, 0.1) is 5.41 Å². The van der Waals surface area contributed by atoms with E-state index in [9.17, 15) is 9.59 Å². The number of rotatable bonds is 3. The molecule has 7 heteroatoms. The fourth-order valence-corrected chi connectivity index (χ4v) is 1.55. The number of carbonyl (C=O) groups excluding carboxylic acids is 2. The van der Waals surface area contributed by atoms with Crippen LogP contribution in [-0.2, 0) is 14.2 Å². The van der Waals surface area contributed by atoms with E-state index in [1.54, 1.807) is 0 Å². The lowest BCUT2D eigenvalue weighted by atomic mass is 9.87. The van der Waals surface area contributed by atoms with Crippen molar-refractivity contribution in [3.05, 3.63) is 18.7 Å². The fourth-order valence-electron chi connectivity index (χ4n) is 1.55. The number of ether oxygens (including phenoxy) is 3. The molecule has 98 valence electrons. The third-order valence-electron chi connectivity index (χ3n) is 2.96. The summed E-state index contributed by atoms with van der Waals surface area (Å²) < 4.78 is 16.1. The summed E-state index contributed by atoms with van der Waals surface area (Å²) in [6.45, 7) is 2.44. The second-order valence-electron chi connectivity index (χ2n) is 4.21. The summed E-state index contributed by atoms with van der Waals surface area (Å²) in [5.74, 6) is 0. The molecule has 1 aliphatic heterocycles. The number of aromatic nitrogens is 2. The summed E-state index contributed by atoms with van der Waals surface area (Å²) in [7, 11) is 0. The van der Waals surface area contributed by atoms with E-state index in [2.05, 4.69) is 4.98 Å². The molecule has 0 unspecified atom stereocenters. The minimum absolute atomic E-state index is 0.133. The van der Waals surface area contributed by atoms with Crippen molar-refractivity contribution in [3.63, 3.8) is 0 Å².